The second kappa shape index (κ2) is 8.73. The van der Waals surface area contributed by atoms with Gasteiger partial charge in [0.15, 0.2) is 0 Å². The van der Waals surface area contributed by atoms with Crippen molar-refractivity contribution in [1.29, 1.82) is 0 Å². The number of nitrogens with two attached hydrogens (primary N) is 1. The van der Waals surface area contributed by atoms with E-state index in [0.29, 0.717) is 24.3 Å². The minimum Gasteiger partial charge on any atom is -0.334 e. The van der Waals surface area contributed by atoms with Crippen LogP contribution in [0.3, 0.4) is 0 Å². The summed E-state index contributed by atoms with van der Waals surface area (Å²) in [6, 6.07) is 15.1. The predicted octanol–water partition coefficient (Wildman–Crippen LogP) is 2.50. The first-order valence-corrected chi connectivity index (χ1v) is 10.0. The van der Waals surface area contributed by atoms with E-state index >= 15 is 0 Å². The molecule has 6 nitrogen and oxygen atoms in total. The number of carbonyl (C=O) groups excluding carboxylic acids is 1. The van der Waals surface area contributed by atoms with E-state index in [2.05, 4.69) is 0 Å². The van der Waals surface area contributed by atoms with Gasteiger partial charge in [0, 0.05) is 31.7 Å². The third-order valence-corrected chi connectivity index (χ3v) is 6.55. The quantitative estimate of drug-likeness (QED) is 0.822. The van der Waals surface area contributed by atoms with E-state index in [1.807, 2.05) is 6.07 Å². The van der Waals surface area contributed by atoms with Crippen molar-refractivity contribution < 1.29 is 13.2 Å². The van der Waals surface area contributed by atoms with Crippen LogP contribution in [0.2, 0.25) is 0 Å². The lowest BCUT2D eigenvalue weighted by molar-refractivity contribution is 0.0741. The molecule has 0 aliphatic carbocycles. The van der Waals surface area contributed by atoms with E-state index in [9.17, 15) is 13.2 Å². The van der Waals surface area contributed by atoms with Gasteiger partial charge in [-0.3, -0.25) is 9.10 Å². The SMILES string of the molecule is CN(c1ccccc1)S(=O)(=O)c1cccc(C(=O)N2CCCC2CN)c1.Cl. The molecule has 0 bridgehead atoms. The molecule has 1 saturated heterocycles. The van der Waals surface area contributed by atoms with Crippen molar-refractivity contribution in [2.45, 2.75) is 23.8 Å². The van der Waals surface area contributed by atoms with Gasteiger partial charge in [0.05, 0.1) is 10.6 Å². The Morgan fingerprint density at radius 2 is 1.89 bits per heavy atom. The molecule has 3 rings (SSSR count). The minimum atomic E-state index is -3.75. The summed E-state index contributed by atoms with van der Waals surface area (Å²) in [5, 5.41) is 0. The van der Waals surface area contributed by atoms with Crippen molar-refractivity contribution in [3.05, 3.63) is 60.2 Å². The van der Waals surface area contributed by atoms with Gasteiger partial charge >= 0.3 is 0 Å². The highest BCUT2D eigenvalue weighted by Crippen LogP contribution is 2.24. The number of carbonyl (C=O) groups is 1. The summed E-state index contributed by atoms with van der Waals surface area (Å²) in [5.41, 5.74) is 6.68. The molecule has 146 valence electrons. The fourth-order valence-corrected chi connectivity index (χ4v) is 4.48. The Kier molecular flexibility index (Phi) is 6.86. The van der Waals surface area contributed by atoms with Gasteiger partial charge < -0.3 is 10.6 Å². The summed E-state index contributed by atoms with van der Waals surface area (Å²) in [6.45, 7) is 1.07. The highest BCUT2D eigenvalue weighted by atomic mass is 35.5. The van der Waals surface area contributed by atoms with Crippen LogP contribution in [0.1, 0.15) is 23.2 Å². The van der Waals surface area contributed by atoms with E-state index in [1.54, 1.807) is 41.3 Å². The Morgan fingerprint density at radius 1 is 1.19 bits per heavy atom. The Balaban J connectivity index is 0.00000261. The van der Waals surface area contributed by atoms with Crippen molar-refractivity contribution in [2.75, 3.05) is 24.4 Å². The van der Waals surface area contributed by atoms with Crippen LogP contribution in [-0.4, -0.2) is 45.4 Å². The molecule has 0 aromatic heterocycles. The average Bonchev–Trinajstić information content (AvgIpc) is 3.16. The summed E-state index contributed by atoms with van der Waals surface area (Å²) in [6.07, 6.45) is 1.80. The molecule has 1 atom stereocenters. The number of nitrogens with zero attached hydrogens (tertiary/aromatic N) is 2. The largest absolute Gasteiger partial charge is 0.334 e. The predicted molar refractivity (Wildman–Crippen MR) is 109 cm³/mol. The fraction of sp³-hybridized carbons (Fsp3) is 0.316. The summed E-state index contributed by atoms with van der Waals surface area (Å²) < 4.78 is 27.1. The van der Waals surface area contributed by atoms with Crippen LogP contribution in [0.25, 0.3) is 0 Å². The van der Waals surface area contributed by atoms with E-state index < -0.39 is 10.0 Å². The molecule has 1 amide bonds. The van der Waals surface area contributed by atoms with Gasteiger partial charge in [-0.1, -0.05) is 24.3 Å². The zero-order valence-corrected chi connectivity index (χ0v) is 16.7. The van der Waals surface area contributed by atoms with Crippen LogP contribution in [0.15, 0.2) is 59.5 Å². The first kappa shape index (κ1) is 21.2. The third-order valence-electron chi connectivity index (χ3n) is 4.77. The van der Waals surface area contributed by atoms with Crippen molar-refractivity contribution in [3.8, 4) is 0 Å². The van der Waals surface area contributed by atoms with Gasteiger partial charge in [-0.15, -0.1) is 12.4 Å². The number of benzene rings is 2. The molecule has 1 unspecified atom stereocenters. The van der Waals surface area contributed by atoms with Gasteiger partial charge in [-0.05, 0) is 43.2 Å². The smallest absolute Gasteiger partial charge is 0.264 e. The lowest BCUT2D eigenvalue weighted by Gasteiger charge is -2.24. The lowest BCUT2D eigenvalue weighted by Crippen LogP contribution is -2.40. The van der Waals surface area contributed by atoms with E-state index in [4.69, 9.17) is 5.73 Å². The minimum absolute atomic E-state index is 0. The molecule has 1 heterocycles. The number of anilines is 1. The second-order valence-corrected chi connectivity index (χ2v) is 8.34. The van der Waals surface area contributed by atoms with Gasteiger partial charge in [0.1, 0.15) is 0 Å². The van der Waals surface area contributed by atoms with Crippen LogP contribution in [0, 0.1) is 0 Å². The van der Waals surface area contributed by atoms with Crippen molar-refractivity contribution in [2.24, 2.45) is 5.73 Å². The zero-order chi connectivity index (χ0) is 18.7. The number of hydrogen-bond acceptors (Lipinski definition) is 4. The van der Waals surface area contributed by atoms with Gasteiger partial charge in [-0.25, -0.2) is 8.42 Å². The fourth-order valence-electron chi connectivity index (χ4n) is 3.24. The highest BCUT2D eigenvalue weighted by Gasteiger charge is 2.29. The van der Waals surface area contributed by atoms with Crippen LogP contribution >= 0.6 is 12.4 Å². The number of amides is 1. The Hall–Kier alpha value is -2.09. The Labute approximate surface area is 166 Å². The number of rotatable bonds is 5. The average molecular weight is 410 g/mol. The van der Waals surface area contributed by atoms with Crippen LogP contribution in [0.4, 0.5) is 5.69 Å². The molecule has 0 saturated carbocycles. The van der Waals surface area contributed by atoms with Crippen molar-refractivity contribution in [3.63, 3.8) is 0 Å². The standard InChI is InChI=1S/C19H23N3O3S.ClH/c1-21(16-8-3-2-4-9-16)26(24,25)18-11-5-7-15(13-18)19(23)22-12-6-10-17(22)14-20;/h2-5,7-9,11,13,17H,6,10,12,14,20H2,1H3;1H. The number of sulfonamides is 1. The van der Waals surface area contributed by atoms with Crippen molar-refractivity contribution >= 4 is 34.0 Å². The third kappa shape index (κ3) is 4.26. The van der Waals surface area contributed by atoms with Crippen LogP contribution in [0.5, 0.6) is 0 Å². The maximum Gasteiger partial charge on any atom is 0.264 e. The molecule has 2 aromatic rings. The second-order valence-electron chi connectivity index (χ2n) is 6.37. The number of halogens is 1. The van der Waals surface area contributed by atoms with Crippen LogP contribution in [-0.2, 0) is 10.0 Å². The van der Waals surface area contributed by atoms with Gasteiger partial charge in [0.25, 0.3) is 15.9 Å². The molecule has 0 spiro atoms. The first-order valence-electron chi connectivity index (χ1n) is 8.60. The molecule has 1 aliphatic rings. The lowest BCUT2D eigenvalue weighted by atomic mass is 10.1. The number of para-hydroxylation sites is 1. The zero-order valence-electron chi connectivity index (χ0n) is 15.1. The molecule has 1 fully saturated rings. The summed E-state index contributed by atoms with van der Waals surface area (Å²) >= 11 is 0. The normalized spacial score (nSPS) is 16.7. The van der Waals surface area contributed by atoms with Gasteiger partial charge in [0.2, 0.25) is 0 Å². The molecule has 2 N–H and O–H groups in total. The molecule has 8 heteroatoms. The Morgan fingerprint density at radius 3 is 2.56 bits per heavy atom. The first-order chi connectivity index (χ1) is 12.4. The highest BCUT2D eigenvalue weighted by molar-refractivity contribution is 7.92. The molecule has 2 aromatic carbocycles. The van der Waals surface area contributed by atoms with E-state index in [-0.39, 0.29) is 29.3 Å². The number of hydrogen-bond donors (Lipinski definition) is 1. The van der Waals surface area contributed by atoms with Crippen LogP contribution < -0.4 is 10.0 Å². The van der Waals surface area contributed by atoms with E-state index in [1.165, 1.54) is 23.5 Å². The molecular formula is C19H24ClN3O3S. The molecule has 0 radical (unpaired) electrons. The summed E-state index contributed by atoms with van der Waals surface area (Å²) in [5.74, 6) is -0.169. The topological polar surface area (TPSA) is 83.7 Å². The van der Waals surface area contributed by atoms with E-state index in [0.717, 1.165) is 12.8 Å². The Bertz CT molecular complexity index is 890. The summed E-state index contributed by atoms with van der Waals surface area (Å²) in [4.78, 5) is 14.6. The maximum atomic E-state index is 12.9. The van der Waals surface area contributed by atoms with Crippen molar-refractivity contribution in [1.82, 2.24) is 4.90 Å². The van der Waals surface area contributed by atoms with Gasteiger partial charge in [-0.2, -0.15) is 0 Å². The molecule has 1 aliphatic heterocycles. The molecule has 27 heavy (non-hydrogen) atoms. The molecular weight excluding hydrogens is 386 g/mol. The number of likely N-dealkylation sites (tertiary alicyclic amines) is 1. The monoisotopic (exact) mass is 409 g/mol. The summed E-state index contributed by atoms with van der Waals surface area (Å²) in [7, 11) is -2.25. The maximum absolute atomic E-state index is 12.9.